The van der Waals surface area contributed by atoms with Crippen LogP contribution in [-0.4, -0.2) is 39.1 Å². The van der Waals surface area contributed by atoms with Gasteiger partial charge in [-0.05, 0) is 42.9 Å². The third-order valence-corrected chi connectivity index (χ3v) is 4.02. The lowest BCUT2D eigenvalue weighted by molar-refractivity contribution is -0.124. The summed E-state index contributed by atoms with van der Waals surface area (Å²) in [6.45, 7) is 8.31. The van der Waals surface area contributed by atoms with Crippen molar-refractivity contribution in [2.75, 3.05) is 13.3 Å². The van der Waals surface area contributed by atoms with E-state index >= 15 is 0 Å². The fourth-order valence-electron chi connectivity index (χ4n) is 2.66. The quantitative estimate of drug-likeness (QED) is 0.171. The largest absolute Gasteiger partial charge is 0.493 e. The minimum Gasteiger partial charge on any atom is -0.493 e. The molecule has 0 heterocycles. The zero-order valence-electron chi connectivity index (χ0n) is 16.4. The molecule has 0 fully saturated rings. The second kappa shape index (κ2) is 13.1. The number of amides is 1. The average molecular weight is 374 g/mol. The van der Waals surface area contributed by atoms with Crippen molar-refractivity contribution < 1.29 is 19.0 Å². The molecule has 0 saturated carbocycles. The number of nitrogens with one attached hydrogen (secondary N) is 1. The maximum absolute atomic E-state index is 12.6. The summed E-state index contributed by atoms with van der Waals surface area (Å²) in [5.74, 6) is 0.467. The molecule has 1 amide bonds. The van der Waals surface area contributed by atoms with Crippen LogP contribution in [0.25, 0.3) is 0 Å². The Hall–Kier alpha value is -2.12. The molecule has 27 heavy (non-hydrogen) atoms. The number of aldehydes is 1. The zero-order chi connectivity index (χ0) is 20.1. The minimum atomic E-state index is -0.487. The fourth-order valence-corrected chi connectivity index (χ4v) is 2.66. The molecule has 7 heteroatoms. The maximum Gasteiger partial charge on any atom is 0.289 e. The zero-order valence-corrected chi connectivity index (χ0v) is 16.4. The van der Waals surface area contributed by atoms with E-state index in [1.807, 2.05) is 38.1 Å². The molecule has 0 aliphatic rings. The van der Waals surface area contributed by atoms with Crippen LogP contribution in [0, 0.1) is 5.92 Å². The summed E-state index contributed by atoms with van der Waals surface area (Å²) < 4.78 is 10.9. The van der Waals surface area contributed by atoms with Crippen molar-refractivity contribution in [3.8, 4) is 5.75 Å². The molecule has 6 nitrogen and oxygen atoms in total. The molecule has 0 aliphatic heterocycles. The van der Waals surface area contributed by atoms with Crippen molar-refractivity contribution in [1.82, 2.24) is 5.32 Å². The van der Waals surface area contributed by atoms with E-state index in [4.69, 9.17) is 15.1 Å². The first-order valence-corrected chi connectivity index (χ1v) is 9.36. The van der Waals surface area contributed by atoms with E-state index in [0.717, 1.165) is 24.0 Å². The number of hydrogen-bond donors (Lipinski definition) is 2. The van der Waals surface area contributed by atoms with Crippen molar-refractivity contribution in [3.63, 3.8) is 0 Å². The fraction of sp³-hybridized carbons (Fsp3) is 0.500. The Labute approximate surface area is 162 Å². The highest BCUT2D eigenvalue weighted by atomic mass is 16.5. The van der Waals surface area contributed by atoms with Gasteiger partial charge >= 0.3 is 0 Å². The Morgan fingerprint density at radius 3 is 2.59 bits per heavy atom. The van der Waals surface area contributed by atoms with Crippen molar-refractivity contribution in [1.29, 1.82) is 0 Å². The molecule has 0 aromatic heterocycles. The summed E-state index contributed by atoms with van der Waals surface area (Å²) in [6, 6.07) is 7.13. The number of benzene rings is 1. The van der Waals surface area contributed by atoms with Gasteiger partial charge in [0.15, 0.2) is 0 Å². The molecule has 2 atom stereocenters. The molecule has 0 radical (unpaired) electrons. The lowest BCUT2D eigenvalue weighted by Crippen LogP contribution is -2.41. The van der Waals surface area contributed by atoms with Crippen LogP contribution in [0.2, 0.25) is 5.82 Å². The summed E-state index contributed by atoms with van der Waals surface area (Å²) in [6.07, 6.45) is 4.48. The van der Waals surface area contributed by atoms with Gasteiger partial charge in [-0.2, -0.15) is 0 Å². The Bertz CT molecular complexity index is 578. The van der Waals surface area contributed by atoms with Gasteiger partial charge in [-0.3, -0.25) is 4.79 Å². The van der Waals surface area contributed by atoms with Crippen LogP contribution >= 0.6 is 0 Å². The molecule has 0 bridgehead atoms. The predicted molar refractivity (Wildman–Crippen MR) is 109 cm³/mol. The van der Waals surface area contributed by atoms with Gasteiger partial charge < -0.3 is 25.2 Å². The number of carbonyl (C=O) groups is 2. The van der Waals surface area contributed by atoms with Crippen molar-refractivity contribution in [2.24, 2.45) is 11.7 Å². The highest BCUT2D eigenvalue weighted by Crippen LogP contribution is 2.18. The monoisotopic (exact) mass is 374 g/mol. The smallest absolute Gasteiger partial charge is 0.289 e. The first-order chi connectivity index (χ1) is 13.0. The molecule has 148 valence electrons. The Morgan fingerprint density at radius 2 is 2.04 bits per heavy atom. The van der Waals surface area contributed by atoms with E-state index in [1.54, 1.807) is 6.08 Å². The first-order valence-electron chi connectivity index (χ1n) is 9.36. The van der Waals surface area contributed by atoms with E-state index in [0.29, 0.717) is 25.4 Å². The van der Waals surface area contributed by atoms with Crippen LogP contribution in [0.5, 0.6) is 5.75 Å². The van der Waals surface area contributed by atoms with Crippen molar-refractivity contribution >= 4 is 19.7 Å². The van der Waals surface area contributed by atoms with Gasteiger partial charge in [0.25, 0.3) is 7.48 Å². The summed E-state index contributed by atoms with van der Waals surface area (Å²) in [5, 5.41) is 2.81. The van der Waals surface area contributed by atoms with E-state index in [2.05, 4.69) is 11.9 Å². The Balaban J connectivity index is 2.71. The van der Waals surface area contributed by atoms with Gasteiger partial charge in [-0.25, -0.2) is 0 Å². The van der Waals surface area contributed by atoms with Gasteiger partial charge in [-0.15, -0.1) is 6.58 Å². The van der Waals surface area contributed by atoms with Crippen LogP contribution in [-0.2, 0) is 20.7 Å². The van der Waals surface area contributed by atoms with Gasteiger partial charge in [0.1, 0.15) is 12.0 Å². The molecule has 0 unspecified atom stereocenters. The number of hydrogen-bond acceptors (Lipinski definition) is 5. The van der Waals surface area contributed by atoms with E-state index < -0.39 is 11.9 Å². The van der Waals surface area contributed by atoms with Crippen LogP contribution in [0.3, 0.4) is 0 Å². The van der Waals surface area contributed by atoms with E-state index in [1.165, 1.54) is 0 Å². The molecule has 3 N–H and O–H groups in total. The summed E-state index contributed by atoms with van der Waals surface area (Å²) in [7, 11) is 0.202. The topological polar surface area (TPSA) is 90.7 Å². The lowest BCUT2D eigenvalue weighted by Gasteiger charge is -2.20. The minimum absolute atomic E-state index is 0.0446. The second-order valence-corrected chi connectivity index (χ2v) is 6.89. The van der Waals surface area contributed by atoms with Crippen LogP contribution in [0.15, 0.2) is 36.9 Å². The van der Waals surface area contributed by atoms with Crippen molar-refractivity contribution in [3.05, 3.63) is 42.5 Å². The maximum atomic E-state index is 12.6. The summed E-state index contributed by atoms with van der Waals surface area (Å²) in [4.78, 5) is 23.9. The molecule has 0 spiro atoms. The third-order valence-electron chi connectivity index (χ3n) is 4.02. The van der Waals surface area contributed by atoms with Crippen LogP contribution < -0.4 is 15.8 Å². The summed E-state index contributed by atoms with van der Waals surface area (Å²) >= 11 is 0. The van der Waals surface area contributed by atoms with E-state index in [-0.39, 0.29) is 20.1 Å². The first kappa shape index (κ1) is 22.9. The molecule has 1 rings (SSSR count). The predicted octanol–water partition coefficient (Wildman–Crippen LogP) is 1.99. The number of ether oxygens (including phenoxy) is 1. The van der Waals surface area contributed by atoms with Gasteiger partial charge in [0.05, 0.1) is 19.4 Å². The standard InChI is InChI=1S/C20H31BN2O4/c1-4-5-10-26-18-8-6-16(7-9-18)12-19(21-27-14-22)20(25)23-17(13-24)11-15(2)3/h4,6-9,13,15,17,19,21H,1,5,10-12,14,22H2,2-3H3,(H,23,25)/t17-,19-/m0/s1. The van der Waals surface area contributed by atoms with Crippen LogP contribution in [0.1, 0.15) is 32.3 Å². The second-order valence-electron chi connectivity index (χ2n) is 6.89. The summed E-state index contributed by atoms with van der Waals surface area (Å²) in [5.41, 5.74) is 6.39. The average Bonchev–Trinajstić information content (AvgIpc) is 2.65. The number of nitrogens with two attached hydrogens (primary N) is 1. The SMILES string of the molecule is C=CCCOc1ccc(C[C@H](BOCN)C(=O)N[C@H](C=O)CC(C)C)cc1. The van der Waals surface area contributed by atoms with Gasteiger partial charge in [-0.1, -0.05) is 32.1 Å². The molecule has 0 saturated heterocycles. The normalized spacial score (nSPS) is 12.9. The Kier molecular flexibility index (Phi) is 11.1. The van der Waals surface area contributed by atoms with Crippen LogP contribution in [0.4, 0.5) is 0 Å². The Morgan fingerprint density at radius 1 is 1.33 bits per heavy atom. The third kappa shape index (κ3) is 9.40. The molecule has 0 aliphatic carbocycles. The highest BCUT2D eigenvalue weighted by molar-refractivity contribution is 6.37. The highest BCUT2D eigenvalue weighted by Gasteiger charge is 2.24. The lowest BCUT2D eigenvalue weighted by atomic mass is 9.75. The van der Waals surface area contributed by atoms with E-state index in [9.17, 15) is 9.59 Å². The molecular formula is C20H31BN2O4. The molecule has 1 aromatic carbocycles. The van der Waals surface area contributed by atoms with Gasteiger partial charge in [0.2, 0.25) is 5.91 Å². The van der Waals surface area contributed by atoms with Crippen molar-refractivity contribution in [2.45, 2.75) is 45.0 Å². The van der Waals surface area contributed by atoms with Gasteiger partial charge in [0, 0.05) is 5.82 Å². The molecular weight excluding hydrogens is 343 g/mol. The molecule has 1 aromatic rings. The number of rotatable bonds is 14. The number of carbonyl (C=O) groups excluding carboxylic acids is 2.